The zero-order valence-corrected chi connectivity index (χ0v) is 13.6. The molecule has 1 aliphatic rings. The Balaban J connectivity index is 2.38. The number of hydrogen-bond acceptors (Lipinski definition) is 4. The first-order chi connectivity index (χ1) is 9.37. The molecule has 0 spiro atoms. The smallest absolute Gasteiger partial charge is 0.240 e. The van der Waals surface area contributed by atoms with Gasteiger partial charge in [-0.3, -0.25) is 9.69 Å². The predicted octanol–water partition coefficient (Wildman–Crippen LogP) is 2.05. The second-order valence-corrected chi connectivity index (χ2v) is 7.29. The van der Waals surface area contributed by atoms with Gasteiger partial charge in [0.05, 0.1) is 11.6 Å². The van der Waals surface area contributed by atoms with E-state index in [0.717, 1.165) is 13.0 Å². The number of amides is 1. The van der Waals surface area contributed by atoms with Crippen molar-refractivity contribution in [2.45, 2.75) is 51.7 Å². The van der Waals surface area contributed by atoms with Gasteiger partial charge in [0.2, 0.25) is 5.91 Å². The normalized spacial score (nSPS) is 22.4. The maximum atomic E-state index is 12.2. The molecule has 1 saturated heterocycles. The highest BCUT2D eigenvalue weighted by atomic mass is 32.1. The molecule has 0 radical (unpaired) electrons. The summed E-state index contributed by atoms with van der Waals surface area (Å²) >= 11 is 1.78. The fraction of sp³-hybridized carbons (Fsp3) is 0.667. The van der Waals surface area contributed by atoms with Gasteiger partial charge in [0, 0.05) is 28.9 Å². The Bertz CT molecular complexity index is 483. The molecular weight excluding hydrogens is 270 g/mol. The van der Waals surface area contributed by atoms with Crippen LogP contribution in [0.3, 0.4) is 0 Å². The van der Waals surface area contributed by atoms with Crippen LogP contribution in [0.4, 0.5) is 0 Å². The maximum absolute atomic E-state index is 12.2. The van der Waals surface area contributed by atoms with E-state index in [1.54, 1.807) is 11.3 Å². The molecule has 2 atom stereocenters. The number of hydrogen-bond donors (Lipinski definition) is 2. The van der Waals surface area contributed by atoms with Crippen molar-refractivity contribution in [3.63, 3.8) is 0 Å². The number of carbonyl (C=O) groups excluding carboxylic acids is 1. The molecule has 0 aromatic carbocycles. The van der Waals surface area contributed by atoms with Crippen LogP contribution in [0.5, 0.6) is 0 Å². The SMILES string of the molecule is CCC(N)C(c1ccc(C)s1)N1CCNC(=O)C1(C)C. The second kappa shape index (κ2) is 5.84. The summed E-state index contributed by atoms with van der Waals surface area (Å²) < 4.78 is 0. The number of aryl methyl sites for hydroxylation is 1. The maximum Gasteiger partial charge on any atom is 0.240 e. The highest BCUT2D eigenvalue weighted by Gasteiger charge is 2.43. The molecule has 1 fully saturated rings. The van der Waals surface area contributed by atoms with Crippen LogP contribution in [0.15, 0.2) is 12.1 Å². The molecule has 0 aliphatic carbocycles. The molecule has 112 valence electrons. The summed E-state index contributed by atoms with van der Waals surface area (Å²) in [5.74, 6) is 0.0883. The van der Waals surface area contributed by atoms with Crippen LogP contribution in [0.25, 0.3) is 0 Å². The van der Waals surface area contributed by atoms with Crippen LogP contribution in [-0.4, -0.2) is 35.5 Å². The van der Waals surface area contributed by atoms with Gasteiger partial charge in [-0.1, -0.05) is 6.92 Å². The Morgan fingerprint density at radius 3 is 2.75 bits per heavy atom. The molecule has 0 saturated carbocycles. The highest BCUT2D eigenvalue weighted by Crippen LogP contribution is 2.36. The van der Waals surface area contributed by atoms with E-state index in [1.807, 2.05) is 13.8 Å². The van der Waals surface area contributed by atoms with Gasteiger partial charge >= 0.3 is 0 Å². The standard InChI is InChI=1S/C15H25N3OS/c1-5-11(16)13(12-7-6-10(2)20-12)18-9-8-17-14(19)15(18,3)4/h6-7,11,13H,5,8-9,16H2,1-4H3,(H,17,19). The van der Waals surface area contributed by atoms with E-state index in [4.69, 9.17) is 5.73 Å². The summed E-state index contributed by atoms with van der Waals surface area (Å²) in [6.07, 6.45) is 0.899. The molecule has 2 rings (SSSR count). The molecule has 4 nitrogen and oxygen atoms in total. The number of piperazine rings is 1. The summed E-state index contributed by atoms with van der Waals surface area (Å²) in [5.41, 5.74) is 5.87. The number of rotatable bonds is 4. The number of nitrogens with one attached hydrogen (secondary N) is 1. The third-order valence-corrected chi connectivity index (χ3v) is 5.25. The second-order valence-electron chi connectivity index (χ2n) is 5.97. The first-order valence-corrected chi connectivity index (χ1v) is 8.06. The first kappa shape index (κ1) is 15.5. The number of nitrogens with two attached hydrogens (primary N) is 1. The summed E-state index contributed by atoms with van der Waals surface area (Å²) in [6, 6.07) is 4.44. The fourth-order valence-electron chi connectivity index (χ4n) is 2.83. The van der Waals surface area contributed by atoms with Gasteiger partial charge < -0.3 is 11.1 Å². The topological polar surface area (TPSA) is 58.4 Å². The van der Waals surface area contributed by atoms with Crippen molar-refractivity contribution in [2.75, 3.05) is 13.1 Å². The lowest BCUT2D eigenvalue weighted by Gasteiger charge is -2.47. The van der Waals surface area contributed by atoms with Crippen molar-refractivity contribution in [1.82, 2.24) is 10.2 Å². The Hall–Kier alpha value is -0.910. The van der Waals surface area contributed by atoms with E-state index in [-0.39, 0.29) is 18.0 Å². The quantitative estimate of drug-likeness (QED) is 0.894. The van der Waals surface area contributed by atoms with E-state index < -0.39 is 5.54 Å². The van der Waals surface area contributed by atoms with Crippen LogP contribution in [0, 0.1) is 6.92 Å². The predicted molar refractivity (Wildman–Crippen MR) is 83.9 cm³/mol. The summed E-state index contributed by atoms with van der Waals surface area (Å²) in [6.45, 7) is 9.72. The fourth-order valence-corrected chi connectivity index (χ4v) is 3.90. The van der Waals surface area contributed by atoms with E-state index in [0.29, 0.717) is 6.54 Å². The molecule has 2 heterocycles. The van der Waals surface area contributed by atoms with Crippen LogP contribution in [-0.2, 0) is 4.79 Å². The minimum atomic E-state index is -0.520. The van der Waals surface area contributed by atoms with E-state index in [9.17, 15) is 4.79 Å². The van der Waals surface area contributed by atoms with Crippen molar-refractivity contribution < 1.29 is 4.79 Å². The minimum Gasteiger partial charge on any atom is -0.353 e. The zero-order valence-electron chi connectivity index (χ0n) is 12.8. The lowest BCUT2D eigenvalue weighted by Crippen LogP contribution is -2.64. The molecule has 20 heavy (non-hydrogen) atoms. The monoisotopic (exact) mass is 295 g/mol. The number of thiophene rings is 1. The molecule has 1 amide bonds. The van der Waals surface area contributed by atoms with Crippen molar-refractivity contribution in [2.24, 2.45) is 5.73 Å². The van der Waals surface area contributed by atoms with Crippen LogP contribution < -0.4 is 11.1 Å². The van der Waals surface area contributed by atoms with Gasteiger partial charge in [-0.15, -0.1) is 11.3 Å². The number of carbonyl (C=O) groups is 1. The van der Waals surface area contributed by atoms with Crippen LogP contribution >= 0.6 is 11.3 Å². The zero-order chi connectivity index (χ0) is 14.9. The Morgan fingerprint density at radius 1 is 1.50 bits per heavy atom. The van der Waals surface area contributed by atoms with E-state index in [1.165, 1.54) is 9.75 Å². The third-order valence-electron chi connectivity index (χ3n) is 4.18. The number of nitrogens with zero attached hydrogens (tertiary/aromatic N) is 1. The summed E-state index contributed by atoms with van der Waals surface area (Å²) in [4.78, 5) is 17.0. The van der Waals surface area contributed by atoms with Crippen molar-refractivity contribution in [1.29, 1.82) is 0 Å². The molecule has 1 aromatic heterocycles. The molecule has 1 aromatic rings. The average Bonchev–Trinajstić information content (AvgIpc) is 2.81. The molecule has 2 unspecified atom stereocenters. The van der Waals surface area contributed by atoms with Crippen LogP contribution in [0.1, 0.15) is 43.0 Å². The molecule has 1 aliphatic heterocycles. The van der Waals surface area contributed by atoms with Crippen LogP contribution in [0.2, 0.25) is 0 Å². The van der Waals surface area contributed by atoms with Gasteiger partial charge in [-0.05, 0) is 39.3 Å². The molecule has 5 heteroatoms. The first-order valence-electron chi connectivity index (χ1n) is 7.25. The lowest BCUT2D eigenvalue weighted by atomic mass is 9.92. The average molecular weight is 295 g/mol. The highest BCUT2D eigenvalue weighted by molar-refractivity contribution is 7.12. The van der Waals surface area contributed by atoms with Crippen molar-refractivity contribution in [3.05, 3.63) is 21.9 Å². The van der Waals surface area contributed by atoms with E-state index >= 15 is 0 Å². The van der Waals surface area contributed by atoms with Gasteiger partial charge in [0.1, 0.15) is 0 Å². The Morgan fingerprint density at radius 2 is 2.20 bits per heavy atom. The lowest BCUT2D eigenvalue weighted by molar-refractivity contribution is -0.137. The van der Waals surface area contributed by atoms with Gasteiger partial charge in [-0.25, -0.2) is 0 Å². The Kier molecular flexibility index (Phi) is 4.52. The minimum absolute atomic E-state index is 0.0400. The molecular formula is C15H25N3OS. The van der Waals surface area contributed by atoms with Gasteiger partial charge in [0.15, 0.2) is 0 Å². The van der Waals surface area contributed by atoms with Crippen molar-refractivity contribution >= 4 is 17.2 Å². The largest absolute Gasteiger partial charge is 0.353 e. The summed E-state index contributed by atoms with van der Waals surface area (Å²) in [7, 11) is 0. The third kappa shape index (κ3) is 2.75. The van der Waals surface area contributed by atoms with Gasteiger partial charge in [0.25, 0.3) is 0 Å². The molecule has 3 N–H and O–H groups in total. The van der Waals surface area contributed by atoms with Gasteiger partial charge in [-0.2, -0.15) is 0 Å². The van der Waals surface area contributed by atoms with E-state index in [2.05, 4.69) is 36.2 Å². The molecule has 0 bridgehead atoms. The van der Waals surface area contributed by atoms with Crippen molar-refractivity contribution in [3.8, 4) is 0 Å². The summed E-state index contributed by atoms with van der Waals surface area (Å²) in [5, 5.41) is 2.95. The Labute approximate surface area is 125 Å².